The van der Waals surface area contributed by atoms with E-state index >= 15 is 0 Å². The van der Waals surface area contributed by atoms with Gasteiger partial charge in [-0.1, -0.05) is 46.1 Å². The molecule has 0 fully saturated rings. The Hall–Kier alpha value is 0.670. The van der Waals surface area contributed by atoms with Crippen molar-refractivity contribution >= 4 is 60.5 Å². The van der Waals surface area contributed by atoms with Crippen molar-refractivity contribution < 1.29 is 8.42 Å². The molecule has 1 heterocycles. The van der Waals surface area contributed by atoms with E-state index in [1.165, 1.54) is 6.07 Å². The van der Waals surface area contributed by atoms with E-state index in [4.69, 9.17) is 23.2 Å². The molecule has 0 saturated heterocycles. The molecule has 0 aliphatic carbocycles. The highest BCUT2D eigenvalue weighted by molar-refractivity contribution is 9.09. The Morgan fingerprint density at radius 3 is 2.67 bits per heavy atom. The molecular formula is C10H14BrCl2NO2S2. The van der Waals surface area contributed by atoms with Gasteiger partial charge in [0.2, 0.25) is 10.0 Å². The number of hydrogen-bond acceptors (Lipinski definition) is 3. The number of halogens is 3. The van der Waals surface area contributed by atoms with E-state index in [-0.39, 0.29) is 9.23 Å². The van der Waals surface area contributed by atoms with E-state index in [1.807, 2.05) is 0 Å². The Bertz CT molecular complexity index is 490. The summed E-state index contributed by atoms with van der Waals surface area (Å²) in [6.45, 7) is 2.52. The Labute approximate surface area is 130 Å². The van der Waals surface area contributed by atoms with Crippen LogP contribution in [0, 0.1) is 5.92 Å². The van der Waals surface area contributed by atoms with E-state index in [9.17, 15) is 8.42 Å². The Morgan fingerprint density at radius 2 is 2.17 bits per heavy atom. The molecule has 0 aliphatic heterocycles. The largest absolute Gasteiger partial charge is 0.242 e. The van der Waals surface area contributed by atoms with Crippen molar-refractivity contribution in [2.45, 2.75) is 24.7 Å². The molecule has 1 N–H and O–H groups in total. The summed E-state index contributed by atoms with van der Waals surface area (Å²) in [5, 5.41) is 0.922. The van der Waals surface area contributed by atoms with Crippen LogP contribution in [0.1, 0.15) is 19.8 Å². The summed E-state index contributed by atoms with van der Waals surface area (Å²) in [6.07, 6.45) is 1.76. The van der Waals surface area contributed by atoms with Crippen LogP contribution in [-0.4, -0.2) is 20.3 Å². The lowest BCUT2D eigenvalue weighted by Crippen LogP contribution is -2.25. The third-order valence-corrected chi connectivity index (χ3v) is 6.66. The standard InChI is InChI=1S/C10H14BrCl2NO2S2/c1-7(6-11)3-2-4-14-18(15,16)8-5-9(12)17-10(8)13/h5,7,14H,2-4,6H2,1H3. The van der Waals surface area contributed by atoms with Gasteiger partial charge >= 0.3 is 0 Å². The van der Waals surface area contributed by atoms with Crippen molar-refractivity contribution in [1.82, 2.24) is 4.72 Å². The van der Waals surface area contributed by atoms with Crippen LogP contribution in [0.15, 0.2) is 11.0 Å². The van der Waals surface area contributed by atoms with E-state index in [0.29, 0.717) is 16.8 Å². The van der Waals surface area contributed by atoms with Crippen LogP contribution in [-0.2, 0) is 10.0 Å². The first-order valence-electron chi connectivity index (χ1n) is 5.37. The zero-order chi connectivity index (χ0) is 13.8. The van der Waals surface area contributed by atoms with Crippen molar-refractivity contribution in [3.63, 3.8) is 0 Å². The van der Waals surface area contributed by atoms with E-state index in [2.05, 4.69) is 27.6 Å². The molecule has 0 saturated carbocycles. The number of alkyl halides is 1. The van der Waals surface area contributed by atoms with Gasteiger partial charge in [-0.15, -0.1) is 11.3 Å². The average molecular weight is 395 g/mol. The molecule has 0 bridgehead atoms. The number of rotatable bonds is 7. The number of sulfonamides is 1. The topological polar surface area (TPSA) is 46.2 Å². The second-order valence-corrected chi connectivity index (χ2v) is 8.66. The quantitative estimate of drug-likeness (QED) is 0.557. The van der Waals surface area contributed by atoms with Crippen molar-refractivity contribution in [2.75, 3.05) is 11.9 Å². The van der Waals surface area contributed by atoms with Gasteiger partial charge in [0.05, 0.1) is 4.34 Å². The third-order valence-electron chi connectivity index (χ3n) is 2.34. The minimum atomic E-state index is -3.54. The molecule has 1 aromatic heterocycles. The second-order valence-electron chi connectivity index (χ2n) is 3.99. The van der Waals surface area contributed by atoms with Crippen LogP contribution in [0.4, 0.5) is 0 Å². The van der Waals surface area contributed by atoms with E-state index in [0.717, 1.165) is 29.5 Å². The average Bonchev–Trinajstić information content (AvgIpc) is 2.64. The molecule has 18 heavy (non-hydrogen) atoms. The molecule has 0 amide bonds. The normalized spacial score (nSPS) is 13.8. The van der Waals surface area contributed by atoms with Crippen molar-refractivity contribution in [1.29, 1.82) is 0 Å². The van der Waals surface area contributed by atoms with Gasteiger partial charge in [-0.3, -0.25) is 0 Å². The SMILES string of the molecule is CC(CBr)CCCNS(=O)(=O)c1cc(Cl)sc1Cl. The molecule has 0 spiro atoms. The van der Waals surface area contributed by atoms with Crippen LogP contribution in [0.5, 0.6) is 0 Å². The lowest BCUT2D eigenvalue weighted by molar-refractivity contribution is 0.547. The molecular weight excluding hydrogens is 381 g/mol. The second kappa shape index (κ2) is 7.45. The summed E-state index contributed by atoms with van der Waals surface area (Å²) in [5.41, 5.74) is 0. The molecule has 1 atom stereocenters. The Balaban J connectivity index is 2.53. The van der Waals surface area contributed by atoms with Gasteiger partial charge in [0.15, 0.2) is 0 Å². The van der Waals surface area contributed by atoms with Gasteiger partial charge in [0.1, 0.15) is 9.23 Å². The van der Waals surface area contributed by atoms with Gasteiger partial charge in [-0.2, -0.15) is 0 Å². The summed E-state index contributed by atoms with van der Waals surface area (Å²) in [6, 6.07) is 1.37. The fourth-order valence-electron chi connectivity index (χ4n) is 1.32. The first-order chi connectivity index (χ1) is 8.36. The van der Waals surface area contributed by atoms with Gasteiger partial charge in [-0.05, 0) is 24.8 Å². The fraction of sp³-hybridized carbons (Fsp3) is 0.600. The number of hydrogen-bond donors (Lipinski definition) is 1. The lowest BCUT2D eigenvalue weighted by atomic mass is 10.1. The fourth-order valence-corrected chi connectivity index (χ4v) is 4.87. The molecule has 8 heteroatoms. The first kappa shape index (κ1) is 16.7. The van der Waals surface area contributed by atoms with Crippen molar-refractivity contribution in [3.8, 4) is 0 Å². The molecule has 0 aliphatic rings. The summed E-state index contributed by atoms with van der Waals surface area (Å²) in [4.78, 5) is 0.0627. The number of thiophene rings is 1. The summed E-state index contributed by atoms with van der Waals surface area (Å²) in [5.74, 6) is 0.536. The lowest BCUT2D eigenvalue weighted by Gasteiger charge is -2.08. The van der Waals surface area contributed by atoms with Gasteiger partial charge in [0.25, 0.3) is 0 Å². The highest BCUT2D eigenvalue weighted by Gasteiger charge is 2.20. The Morgan fingerprint density at radius 1 is 1.50 bits per heavy atom. The van der Waals surface area contributed by atoms with Crippen LogP contribution < -0.4 is 4.72 Å². The minimum absolute atomic E-state index is 0.0627. The van der Waals surface area contributed by atoms with E-state index in [1.54, 1.807) is 0 Å². The predicted molar refractivity (Wildman–Crippen MR) is 81.7 cm³/mol. The monoisotopic (exact) mass is 393 g/mol. The Kier molecular flexibility index (Phi) is 6.92. The van der Waals surface area contributed by atoms with E-state index < -0.39 is 10.0 Å². The maximum absolute atomic E-state index is 11.9. The zero-order valence-electron chi connectivity index (χ0n) is 9.75. The zero-order valence-corrected chi connectivity index (χ0v) is 14.5. The predicted octanol–water partition coefficient (Wildman–Crippen LogP) is 4.14. The first-order valence-corrected chi connectivity index (χ1v) is 9.55. The highest BCUT2D eigenvalue weighted by Crippen LogP contribution is 2.34. The molecule has 1 rings (SSSR count). The summed E-state index contributed by atoms with van der Waals surface area (Å²) < 4.78 is 26.9. The van der Waals surface area contributed by atoms with Crippen LogP contribution >= 0.6 is 50.5 Å². The highest BCUT2D eigenvalue weighted by atomic mass is 79.9. The minimum Gasteiger partial charge on any atom is -0.211 e. The van der Waals surface area contributed by atoms with Gasteiger partial charge in [-0.25, -0.2) is 13.1 Å². The maximum atomic E-state index is 11.9. The molecule has 0 radical (unpaired) electrons. The molecule has 1 unspecified atom stereocenters. The number of nitrogens with one attached hydrogen (secondary N) is 1. The smallest absolute Gasteiger partial charge is 0.211 e. The van der Waals surface area contributed by atoms with Crippen LogP contribution in [0.25, 0.3) is 0 Å². The summed E-state index contributed by atoms with van der Waals surface area (Å²) in [7, 11) is -3.54. The van der Waals surface area contributed by atoms with Crippen molar-refractivity contribution in [2.24, 2.45) is 5.92 Å². The summed E-state index contributed by atoms with van der Waals surface area (Å²) >= 11 is 16.0. The molecule has 0 aromatic carbocycles. The molecule has 1 aromatic rings. The molecule has 104 valence electrons. The van der Waals surface area contributed by atoms with Crippen LogP contribution in [0.3, 0.4) is 0 Å². The third kappa shape index (κ3) is 4.98. The molecule has 3 nitrogen and oxygen atoms in total. The van der Waals surface area contributed by atoms with Crippen LogP contribution in [0.2, 0.25) is 8.67 Å². The van der Waals surface area contributed by atoms with Crippen molar-refractivity contribution in [3.05, 3.63) is 14.7 Å². The van der Waals surface area contributed by atoms with Gasteiger partial charge in [0, 0.05) is 11.9 Å². The maximum Gasteiger partial charge on any atom is 0.242 e. The van der Waals surface area contributed by atoms with Gasteiger partial charge < -0.3 is 0 Å².